The molecule has 1 rings (SSSR count). The first-order valence-electron chi connectivity index (χ1n) is 4.99. The summed E-state index contributed by atoms with van der Waals surface area (Å²) in [6.07, 6.45) is 2.70. The highest BCUT2D eigenvalue weighted by atomic mass is 15.2. The number of hydrogen-bond acceptors (Lipinski definition) is 4. The SMILES string of the molecule is CNC(C)c1nncc(CC(C)C)n1. The van der Waals surface area contributed by atoms with Gasteiger partial charge in [0, 0.05) is 0 Å². The van der Waals surface area contributed by atoms with Crippen LogP contribution < -0.4 is 5.32 Å². The van der Waals surface area contributed by atoms with Crippen LogP contribution in [0.25, 0.3) is 0 Å². The molecule has 4 heteroatoms. The third kappa shape index (κ3) is 3.03. The molecule has 0 saturated heterocycles. The minimum absolute atomic E-state index is 0.162. The summed E-state index contributed by atoms with van der Waals surface area (Å²) in [7, 11) is 1.89. The second-order valence-corrected chi connectivity index (χ2v) is 3.91. The Morgan fingerprint density at radius 2 is 2.07 bits per heavy atom. The smallest absolute Gasteiger partial charge is 0.167 e. The van der Waals surface area contributed by atoms with Gasteiger partial charge in [0.15, 0.2) is 5.82 Å². The lowest BCUT2D eigenvalue weighted by molar-refractivity contribution is 0.574. The molecule has 1 N–H and O–H groups in total. The quantitative estimate of drug-likeness (QED) is 0.786. The van der Waals surface area contributed by atoms with Crippen molar-refractivity contribution >= 4 is 0 Å². The van der Waals surface area contributed by atoms with Gasteiger partial charge in [-0.25, -0.2) is 4.98 Å². The average Bonchev–Trinajstić information content (AvgIpc) is 2.16. The normalized spacial score (nSPS) is 13.2. The summed E-state index contributed by atoms with van der Waals surface area (Å²) in [5.41, 5.74) is 1.02. The van der Waals surface area contributed by atoms with Gasteiger partial charge in [0.2, 0.25) is 0 Å². The maximum atomic E-state index is 4.45. The van der Waals surface area contributed by atoms with E-state index in [4.69, 9.17) is 0 Å². The fourth-order valence-electron chi connectivity index (χ4n) is 1.18. The van der Waals surface area contributed by atoms with Gasteiger partial charge < -0.3 is 5.32 Å². The standard InChI is InChI=1S/C10H18N4/c1-7(2)5-9-6-12-14-10(13-9)8(3)11-4/h6-8,11H,5H2,1-4H3. The molecule has 0 aromatic carbocycles. The fourth-order valence-corrected chi connectivity index (χ4v) is 1.18. The van der Waals surface area contributed by atoms with Crippen LogP contribution in [-0.4, -0.2) is 22.2 Å². The van der Waals surface area contributed by atoms with Crippen LogP contribution in [0.2, 0.25) is 0 Å². The second-order valence-electron chi connectivity index (χ2n) is 3.91. The Labute approximate surface area is 85.2 Å². The zero-order valence-electron chi connectivity index (χ0n) is 9.28. The molecule has 78 valence electrons. The molecule has 0 amide bonds. The molecule has 0 spiro atoms. The molecule has 1 unspecified atom stereocenters. The van der Waals surface area contributed by atoms with Gasteiger partial charge in [0.1, 0.15) is 0 Å². The molecule has 1 aromatic heterocycles. The summed E-state index contributed by atoms with van der Waals surface area (Å²) in [6.45, 7) is 6.36. The molecule has 0 aliphatic carbocycles. The summed E-state index contributed by atoms with van der Waals surface area (Å²) < 4.78 is 0. The third-order valence-electron chi connectivity index (χ3n) is 2.06. The van der Waals surface area contributed by atoms with Gasteiger partial charge >= 0.3 is 0 Å². The molecule has 4 nitrogen and oxygen atoms in total. The molecule has 1 atom stereocenters. The molecule has 0 fully saturated rings. The molecule has 1 aromatic rings. The molecular weight excluding hydrogens is 176 g/mol. The minimum Gasteiger partial charge on any atom is -0.311 e. The van der Waals surface area contributed by atoms with Crippen molar-refractivity contribution in [1.29, 1.82) is 0 Å². The van der Waals surface area contributed by atoms with Crippen molar-refractivity contribution in [2.75, 3.05) is 7.05 Å². The third-order valence-corrected chi connectivity index (χ3v) is 2.06. The van der Waals surface area contributed by atoms with E-state index in [0.29, 0.717) is 5.92 Å². The fraction of sp³-hybridized carbons (Fsp3) is 0.700. The lowest BCUT2D eigenvalue weighted by atomic mass is 10.1. The number of nitrogens with zero attached hydrogens (tertiary/aromatic N) is 3. The van der Waals surface area contributed by atoms with E-state index in [9.17, 15) is 0 Å². The second kappa shape index (κ2) is 5.00. The summed E-state index contributed by atoms with van der Waals surface area (Å²) in [4.78, 5) is 4.45. The van der Waals surface area contributed by atoms with Crippen LogP contribution >= 0.6 is 0 Å². The number of aromatic nitrogens is 3. The number of rotatable bonds is 4. The lowest BCUT2D eigenvalue weighted by Gasteiger charge is -2.09. The van der Waals surface area contributed by atoms with Crippen LogP contribution in [0.1, 0.15) is 38.3 Å². The van der Waals surface area contributed by atoms with E-state index in [2.05, 4.69) is 34.3 Å². The number of hydrogen-bond donors (Lipinski definition) is 1. The van der Waals surface area contributed by atoms with Crippen LogP contribution in [0.15, 0.2) is 6.20 Å². The first-order chi connectivity index (χ1) is 6.63. The van der Waals surface area contributed by atoms with Crippen LogP contribution in [-0.2, 0) is 6.42 Å². The van der Waals surface area contributed by atoms with Gasteiger partial charge in [-0.1, -0.05) is 13.8 Å². The highest BCUT2D eigenvalue weighted by Crippen LogP contribution is 2.07. The van der Waals surface area contributed by atoms with Crippen molar-refractivity contribution in [2.45, 2.75) is 33.2 Å². The van der Waals surface area contributed by atoms with E-state index in [1.54, 1.807) is 6.20 Å². The summed E-state index contributed by atoms with van der Waals surface area (Å²) in [6, 6.07) is 0.162. The molecule has 14 heavy (non-hydrogen) atoms. The zero-order chi connectivity index (χ0) is 10.6. The first kappa shape index (κ1) is 11.0. The molecular formula is C10H18N4. The van der Waals surface area contributed by atoms with Crippen LogP contribution in [0.4, 0.5) is 0 Å². The minimum atomic E-state index is 0.162. The van der Waals surface area contributed by atoms with Crippen molar-refractivity contribution in [2.24, 2.45) is 5.92 Å². The molecule has 1 heterocycles. The zero-order valence-corrected chi connectivity index (χ0v) is 9.28. The maximum Gasteiger partial charge on any atom is 0.167 e. The van der Waals surface area contributed by atoms with E-state index >= 15 is 0 Å². The Morgan fingerprint density at radius 1 is 1.36 bits per heavy atom. The molecule has 0 aliphatic heterocycles. The van der Waals surface area contributed by atoms with E-state index in [-0.39, 0.29) is 6.04 Å². The summed E-state index contributed by atoms with van der Waals surface area (Å²) >= 11 is 0. The van der Waals surface area contributed by atoms with Crippen LogP contribution in [0.5, 0.6) is 0 Å². The van der Waals surface area contributed by atoms with Gasteiger partial charge in [0.05, 0.1) is 17.9 Å². The Morgan fingerprint density at radius 3 is 2.64 bits per heavy atom. The van der Waals surface area contributed by atoms with Crippen molar-refractivity contribution < 1.29 is 0 Å². The van der Waals surface area contributed by atoms with E-state index in [0.717, 1.165) is 17.9 Å². The molecule has 0 radical (unpaired) electrons. The Hall–Kier alpha value is -1.03. The Kier molecular flexibility index (Phi) is 3.95. The van der Waals surface area contributed by atoms with Crippen molar-refractivity contribution in [3.8, 4) is 0 Å². The molecule has 0 aliphatic rings. The Balaban J connectivity index is 2.78. The van der Waals surface area contributed by atoms with E-state index < -0.39 is 0 Å². The number of nitrogens with one attached hydrogen (secondary N) is 1. The molecule has 0 saturated carbocycles. The topological polar surface area (TPSA) is 50.7 Å². The van der Waals surface area contributed by atoms with Gasteiger partial charge in [-0.2, -0.15) is 5.10 Å². The first-order valence-corrected chi connectivity index (χ1v) is 4.99. The van der Waals surface area contributed by atoms with Gasteiger partial charge in [-0.15, -0.1) is 5.10 Å². The van der Waals surface area contributed by atoms with Gasteiger partial charge in [-0.05, 0) is 26.3 Å². The van der Waals surface area contributed by atoms with E-state index in [1.807, 2.05) is 14.0 Å². The monoisotopic (exact) mass is 194 g/mol. The van der Waals surface area contributed by atoms with Crippen molar-refractivity contribution in [1.82, 2.24) is 20.5 Å². The average molecular weight is 194 g/mol. The van der Waals surface area contributed by atoms with Gasteiger partial charge in [-0.3, -0.25) is 0 Å². The molecule has 0 bridgehead atoms. The van der Waals surface area contributed by atoms with Crippen LogP contribution in [0, 0.1) is 5.92 Å². The van der Waals surface area contributed by atoms with Gasteiger partial charge in [0.25, 0.3) is 0 Å². The summed E-state index contributed by atoms with van der Waals surface area (Å²) in [5, 5.41) is 11.0. The van der Waals surface area contributed by atoms with E-state index in [1.165, 1.54) is 0 Å². The predicted molar refractivity (Wildman–Crippen MR) is 55.8 cm³/mol. The Bertz CT molecular complexity index is 285. The van der Waals surface area contributed by atoms with Crippen LogP contribution in [0.3, 0.4) is 0 Å². The predicted octanol–water partition coefficient (Wildman–Crippen LogP) is 1.35. The van der Waals surface area contributed by atoms with Crippen molar-refractivity contribution in [3.05, 3.63) is 17.7 Å². The summed E-state index contributed by atoms with van der Waals surface area (Å²) in [5.74, 6) is 1.37. The highest BCUT2D eigenvalue weighted by molar-refractivity contribution is 4.99. The maximum absolute atomic E-state index is 4.45. The van der Waals surface area contributed by atoms with Crippen molar-refractivity contribution in [3.63, 3.8) is 0 Å². The lowest BCUT2D eigenvalue weighted by Crippen LogP contribution is -2.17. The largest absolute Gasteiger partial charge is 0.311 e. The highest BCUT2D eigenvalue weighted by Gasteiger charge is 2.08.